The molecule has 136 valence electrons. The Morgan fingerprint density at radius 3 is 2.52 bits per heavy atom. The molecule has 0 saturated carbocycles. The van der Waals surface area contributed by atoms with Crippen molar-refractivity contribution >= 4 is 34.4 Å². The molecule has 0 unspecified atom stereocenters. The van der Waals surface area contributed by atoms with Crippen LogP contribution in [0.1, 0.15) is 37.4 Å². The first-order chi connectivity index (χ1) is 12.8. The van der Waals surface area contributed by atoms with E-state index in [-0.39, 0.29) is 24.1 Å². The Morgan fingerprint density at radius 2 is 1.74 bits per heavy atom. The van der Waals surface area contributed by atoms with Crippen LogP contribution in [0.5, 0.6) is 0 Å². The molecule has 2 aromatic carbocycles. The number of amides is 3. The normalized spacial score (nSPS) is 13.4. The monoisotopic (exact) mass is 362 g/mol. The van der Waals surface area contributed by atoms with E-state index >= 15 is 0 Å². The summed E-state index contributed by atoms with van der Waals surface area (Å²) in [6, 6.07) is 8.71. The van der Waals surface area contributed by atoms with Gasteiger partial charge >= 0.3 is 0 Å². The topological polar surface area (TPSA) is 79.6 Å². The lowest BCUT2D eigenvalue weighted by Crippen LogP contribution is -2.24. The summed E-state index contributed by atoms with van der Waals surface area (Å²) < 4.78 is 5.57. The Kier molecular flexibility index (Phi) is 3.84. The molecular weight excluding hydrogens is 344 g/mol. The van der Waals surface area contributed by atoms with Crippen molar-refractivity contribution in [2.75, 3.05) is 12.4 Å². The summed E-state index contributed by atoms with van der Waals surface area (Å²) in [6.07, 6.45) is 1.75. The first-order valence-electron chi connectivity index (χ1n) is 8.59. The van der Waals surface area contributed by atoms with Crippen molar-refractivity contribution in [1.29, 1.82) is 0 Å². The van der Waals surface area contributed by atoms with Gasteiger partial charge in [-0.25, -0.2) is 0 Å². The number of aryl methyl sites for hydroxylation is 2. The van der Waals surface area contributed by atoms with Crippen LogP contribution in [0.25, 0.3) is 11.0 Å². The summed E-state index contributed by atoms with van der Waals surface area (Å²) in [5.74, 6) is -0.915. The first-order valence-corrected chi connectivity index (χ1v) is 8.59. The van der Waals surface area contributed by atoms with Crippen molar-refractivity contribution in [3.8, 4) is 0 Å². The fraction of sp³-hybridized carbons (Fsp3) is 0.190. The minimum atomic E-state index is -0.363. The Hall–Kier alpha value is -3.41. The van der Waals surface area contributed by atoms with Gasteiger partial charge in [0.2, 0.25) is 5.91 Å². The van der Waals surface area contributed by atoms with Gasteiger partial charge in [-0.3, -0.25) is 19.3 Å². The van der Waals surface area contributed by atoms with Crippen LogP contribution in [-0.2, 0) is 11.2 Å². The highest BCUT2D eigenvalue weighted by atomic mass is 16.3. The van der Waals surface area contributed by atoms with Crippen molar-refractivity contribution in [3.05, 3.63) is 64.4 Å². The number of imide groups is 1. The number of anilines is 1. The SMILES string of the molecule is Cc1cc2occ(CC(=O)Nc3ccc4c(c3)C(=O)N(C)C4=O)c2cc1C. The number of furan rings is 1. The Labute approximate surface area is 155 Å². The quantitative estimate of drug-likeness (QED) is 0.724. The summed E-state index contributed by atoms with van der Waals surface area (Å²) >= 11 is 0. The lowest BCUT2D eigenvalue weighted by atomic mass is 10.0. The zero-order chi connectivity index (χ0) is 19.3. The van der Waals surface area contributed by atoms with E-state index in [1.54, 1.807) is 18.4 Å². The minimum Gasteiger partial charge on any atom is -0.464 e. The molecule has 0 aliphatic carbocycles. The number of rotatable bonds is 3. The van der Waals surface area contributed by atoms with E-state index in [1.165, 1.54) is 13.1 Å². The van der Waals surface area contributed by atoms with Gasteiger partial charge in [0.1, 0.15) is 5.58 Å². The zero-order valence-electron chi connectivity index (χ0n) is 15.3. The van der Waals surface area contributed by atoms with Crippen LogP contribution in [0.2, 0.25) is 0 Å². The molecule has 27 heavy (non-hydrogen) atoms. The predicted octanol–water partition coefficient (Wildman–Crippen LogP) is 3.46. The van der Waals surface area contributed by atoms with Crippen LogP contribution in [0.4, 0.5) is 5.69 Å². The molecule has 4 rings (SSSR count). The number of nitrogens with one attached hydrogen (secondary N) is 1. The Balaban J connectivity index is 1.55. The maximum atomic E-state index is 12.5. The summed E-state index contributed by atoms with van der Waals surface area (Å²) in [4.78, 5) is 37.6. The highest BCUT2D eigenvalue weighted by Gasteiger charge is 2.32. The molecule has 0 fully saturated rings. The molecule has 0 spiro atoms. The van der Waals surface area contributed by atoms with Gasteiger partial charge in [-0.1, -0.05) is 0 Å². The highest BCUT2D eigenvalue weighted by molar-refractivity contribution is 6.21. The van der Waals surface area contributed by atoms with Gasteiger partial charge in [0, 0.05) is 23.7 Å². The Morgan fingerprint density at radius 1 is 1.04 bits per heavy atom. The first kappa shape index (κ1) is 17.0. The lowest BCUT2D eigenvalue weighted by molar-refractivity contribution is -0.115. The molecule has 6 heteroatoms. The number of hydrogen-bond acceptors (Lipinski definition) is 4. The highest BCUT2D eigenvalue weighted by Crippen LogP contribution is 2.27. The summed E-state index contributed by atoms with van der Waals surface area (Å²) in [6.45, 7) is 4.03. The van der Waals surface area contributed by atoms with E-state index in [0.29, 0.717) is 16.8 Å². The molecule has 0 bridgehead atoms. The van der Waals surface area contributed by atoms with Crippen LogP contribution in [-0.4, -0.2) is 29.7 Å². The average Bonchev–Trinajstić information content (AvgIpc) is 3.10. The number of fused-ring (bicyclic) bond motifs is 2. The van der Waals surface area contributed by atoms with Crippen LogP contribution in [0.3, 0.4) is 0 Å². The molecular formula is C21H18N2O4. The van der Waals surface area contributed by atoms with Gasteiger partial charge < -0.3 is 9.73 Å². The van der Waals surface area contributed by atoms with E-state index in [0.717, 1.165) is 32.6 Å². The van der Waals surface area contributed by atoms with Gasteiger partial charge in [-0.05, 0) is 55.3 Å². The second-order valence-electron chi connectivity index (χ2n) is 6.85. The fourth-order valence-electron chi connectivity index (χ4n) is 3.29. The third-order valence-corrected chi connectivity index (χ3v) is 4.99. The number of carbonyl (C=O) groups is 3. The number of benzene rings is 2. The molecule has 0 radical (unpaired) electrons. The van der Waals surface area contributed by atoms with Gasteiger partial charge in [0.15, 0.2) is 0 Å². The molecule has 0 atom stereocenters. The third kappa shape index (κ3) is 2.79. The molecule has 1 N–H and O–H groups in total. The lowest BCUT2D eigenvalue weighted by Gasteiger charge is -2.06. The van der Waals surface area contributed by atoms with Gasteiger partial charge in [-0.2, -0.15) is 0 Å². The summed E-state index contributed by atoms with van der Waals surface area (Å²) in [5, 5.41) is 3.71. The standard InChI is InChI=1S/C21H18N2O4/c1-11-6-16-13(10-27-18(16)7-12(11)2)8-19(24)22-14-4-5-15-17(9-14)21(26)23(3)20(15)25/h4-7,9-10H,8H2,1-3H3,(H,22,24). The van der Waals surface area contributed by atoms with E-state index in [2.05, 4.69) is 5.32 Å². The van der Waals surface area contributed by atoms with Crippen LogP contribution < -0.4 is 5.32 Å². The van der Waals surface area contributed by atoms with Crippen molar-refractivity contribution in [2.24, 2.45) is 0 Å². The maximum absolute atomic E-state index is 12.5. The van der Waals surface area contributed by atoms with Gasteiger partial charge in [0.25, 0.3) is 11.8 Å². The number of hydrogen-bond donors (Lipinski definition) is 1. The van der Waals surface area contributed by atoms with E-state index < -0.39 is 0 Å². The second kappa shape index (κ2) is 6.09. The predicted molar refractivity (Wildman–Crippen MR) is 101 cm³/mol. The molecule has 3 aromatic rings. The minimum absolute atomic E-state index is 0.152. The van der Waals surface area contributed by atoms with E-state index in [9.17, 15) is 14.4 Å². The van der Waals surface area contributed by atoms with Crippen LogP contribution in [0, 0.1) is 13.8 Å². The number of nitrogens with zero attached hydrogens (tertiary/aromatic N) is 1. The molecule has 3 amide bonds. The summed E-state index contributed by atoms with van der Waals surface area (Å²) in [7, 11) is 1.44. The van der Waals surface area contributed by atoms with Gasteiger partial charge in [-0.15, -0.1) is 0 Å². The van der Waals surface area contributed by atoms with Crippen LogP contribution in [0.15, 0.2) is 41.0 Å². The molecule has 1 aromatic heterocycles. The third-order valence-electron chi connectivity index (χ3n) is 4.99. The zero-order valence-corrected chi connectivity index (χ0v) is 15.3. The van der Waals surface area contributed by atoms with Crippen molar-refractivity contribution in [1.82, 2.24) is 4.90 Å². The smallest absolute Gasteiger partial charge is 0.261 e. The second-order valence-corrected chi connectivity index (χ2v) is 6.85. The molecule has 2 heterocycles. The largest absolute Gasteiger partial charge is 0.464 e. The van der Waals surface area contributed by atoms with E-state index in [4.69, 9.17) is 4.42 Å². The van der Waals surface area contributed by atoms with Crippen LogP contribution >= 0.6 is 0 Å². The summed E-state index contributed by atoms with van der Waals surface area (Å²) in [5.41, 5.74) is 4.97. The average molecular weight is 362 g/mol. The number of carbonyl (C=O) groups excluding carboxylic acids is 3. The van der Waals surface area contributed by atoms with Crippen molar-refractivity contribution in [3.63, 3.8) is 0 Å². The Bertz CT molecular complexity index is 1130. The van der Waals surface area contributed by atoms with Crippen molar-refractivity contribution < 1.29 is 18.8 Å². The molecule has 1 aliphatic heterocycles. The molecule has 1 aliphatic rings. The van der Waals surface area contributed by atoms with E-state index in [1.807, 2.05) is 26.0 Å². The maximum Gasteiger partial charge on any atom is 0.261 e. The van der Waals surface area contributed by atoms with Gasteiger partial charge in [0.05, 0.1) is 23.8 Å². The van der Waals surface area contributed by atoms with Crippen molar-refractivity contribution in [2.45, 2.75) is 20.3 Å². The fourth-order valence-corrected chi connectivity index (χ4v) is 3.29. The molecule has 6 nitrogen and oxygen atoms in total. The molecule has 0 saturated heterocycles.